The molecule has 0 saturated carbocycles. The van der Waals surface area contributed by atoms with Gasteiger partial charge in [-0.25, -0.2) is 0 Å². The van der Waals surface area contributed by atoms with Crippen LogP contribution in [0.5, 0.6) is 11.5 Å². The largest absolute Gasteiger partial charge is 0.486 e. The third-order valence-electron chi connectivity index (χ3n) is 6.31. The van der Waals surface area contributed by atoms with Gasteiger partial charge in [-0.15, -0.1) is 0 Å². The molecular weight excluding hydrogens is 348 g/mol. The lowest BCUT2D eigenvalue weighted by atomic mass is 10.0. The normalized spacial score (nSPS) is 31.4. The van der Waals surface area contributed by atoms with E-state index in [4.69, 9.17) is 14.2 Å². The van der Waals surface area contributed by atoms with Gasteiger partial charge in [-0.2, -0.15) is 0 Å². The molecule has 5 rings (SSSR count). The number of likely N-dealkylation sites (tertiary alicyclic amines) is 1. The van der Waals surface area contributed by atoms with E-state index < -0.39 is 5.72 Å². The van der Waals surface area contributed by atoms with Crippen LogP contribution in [0.1, 0.15) is 37.0 Å². The summed E-state index contributed by atoms with van der Waals surface area (Å²) in [7, 11) is 0. The third kappa shape index (κ3) is 2.24. The molecule has 3 atom stereocenters. The third-order valence-corrected chi connectivity index (χ3v) is 6.31. The summed E-state index contributed by atoms with van der Waals surface area (Å²) in [6, 6.07) is 5.21. The topological polar surface area (TPSA) is 68.3 Å². The molecule has 0 bridgehead atoms. The average Bonchev–Trinajstić information content (AvgIpc) is 3.30. The first-order valence-electron chi connectivity index (χ1n) is 9.68. The maximum atomic E-state index is 13.4. The number of carbonyl (C=O) groups is 2. The van der Waals surface area contributed by atoms with Crippen molar-refractivity contribution in [3.05, 3.63) is 23.8 Å². The van der Waals surface area contributed by atoms with Crippen molar-refractivity contribution in [2.75, 3.05) is 26.4 Å². The van der Waals surface area contributed by atoms with Crippen molar-refractivity contribution in [2.45, 2.75) is 44.5 Å². The van der Waals surface area contributed by atoms with E-state index in [1.807, 2.05) is 11.0 Å². The monoisotopic (exact) mass is 372 g/mol. The van der Waals surface area contributed by atoms with E-state index in [1.165, 1.54) is 0 Å². The zero-order valence-electron chi connectivity index (χ0n) is 15.6. The van der Waals surface area contributed by atoms with Gasteiger partial charge < -0.3 is 24.0 Å². The first-order chi connectivity index (χ1) is 13.0. The van der Waals surface area contributed by atoms with E-state index in [9.17, 15) is 9.59 Å². The lowest BCUT2D eigenvalue weighted by Gasteiger charge is -2.34. The van der Waals surface area contributed by atoms with Gasteiger partial charge in [0.2, 0.25) is 5.91 Å². The van der Waals surface area contributed by atoms with E-state index in [-0.39, 0.29) is 23.9 Å². The minimum absolute atomic E-state index is 0.0822. The summed E-state index contributed by atoms with van der Waals surface area (Å²) in [6.45, 7) is 6.24. The maximum absolute atomic E-state index is 13.4. The van der Waals surface area contributed by atoms with Crippen molar-refractivity contribution in [1.82, 2.24) is 9.80 Å². The minimum atomic E-state index is -0.659. The smallest absolute Gasteiger partial charge is 0.258 e. The second-order valence-electron chi connectivity index (χ2n) is 8.03. The highest BCUT2D eigenvalue weighted by molar-refractivity contribution is 5.99. The van der Waals surface area contributed by atoms with E-state index in [0.29, 0.717) is 62.2 Å². The molecule has 0 aromatic heterocycles. The van der Waals surface area contributed by atoms with Crippen molar-refractivity contribution in [3.8, 4) is 11.5 Å². The molecule has 1 spiro atoms. The summed E-state index contributed by atoms with van der Waals surface area (Å²) in [5.74, 6) is 1.39. The molecule has 1 aromatic carbocycles. The first-order valence-corrected chi connectivity index (χ1v) is 9.68. The molecule has 4 aliphatic rings. The standard InChI is InChI=1S/C20H24N2O5/c1-12(2)14-11-27-20-6-7-21(16(20)10-17(23)22(14)20)19(24)13-4-3-5-15-18(13)26-9-8-25-15/h3-5,12,14,16H,6-11H2,1-2H3/t14-,16+,20-/m0/s1. The molecule has 0 N–H and O–H groups in total. The SMILES string of the molecule is CC(C)[C@@H]1CO[C@@]23CCN(C(=O)c4cccc5c4OCCO5)[C@@H]2CC(=O)N13. The van der Waals surface area contributed by atoms with Crippen molar-refractivity contribution < 1.29 is 23.8 Å². The second kappa shape index (κ2) is 5.86. The van der Waals surface area contributed by atoms with E-state index >= 15 is 0 Å². The molecule has 4 heterocycles. The zero-order chi connectivity index (χ0) is 18.8. The molecule has 0 aliphatic carbocycles. The van der Waals surface area contributed by atoms with Crippen LogP contribution in [-0.2, 0) is 9.53 Å². The van der Waals surface area contributed by atoms with Crippen molar-refractivity contribution >= 4 is 11.8 Å². The summed E-state index contributed by atoms with van der Waals surface area (Å²) in [6.07, 6.45) is 0.978. The predicted molar refractivity (Wildman–Crippen MR) is 95.6 cm³/mol. The van der Waals surface area contributed by atoms with Crippen LogP contribution in [0.4, 0.5) is 0 Å². The van der Waals surface area contributed by atoms with Gasteiger partial charge in [-0.1, -0.05) is 19.9 Å². The van der Waals surface area contributed by atoms with Crippen LogP contribution < -0.4 is 9.47 Å². The highest BCUT2D eigenvalue weighted by atomic mass is 16.6. The Morgan fingerprint density at radius 3 is 2.89 bits per heavy atom. The molecule has 7 heteroatoms. The Hall–Kier alpha value is -2.28. The Kier molecular flexibility index (Phi) is 3.66. The number of carbonyl (C=O) groups excluding carboxylic acids is 2. The molecule has 1 aromatic rings. The van der Waals surface area contributed by atoms with Crippen LogP contribution in [0.2, 0.25) is 0 Å². The minimum Gasteiger partial charge on any atom is -0.486 e. The van der Waals surface area contributed by atoms with Gasteiger partial charge in [0, 0.05) is 13.0 Å². The summed E-state index contributed by atoms with van der Waals surface area (Å²) in [5, 5.41) is 0. The fraction of sp³-hybridized carbons (Fsp3) is 0.600. The van der Waals surface area contributed by atoms with E-state index in [2.05, 4.69) is 13.8 Å². The molecule has 27 heavy (non-hydrogen) atoms. The Labute approximate surface area is 158 Å². The molecule has 3 fully saturated rings. The van der Waals surface area contributed by atoms with Crippen LogP contribution in [-0.4, -0.2) is 65.8 Å². The summed E-state index contributed by atoms with van der Waals surface area (Å²) >= 11 is 0. The van der Waals surface area contributed by atoms with Gasteiger partial charge in [0.1, 0.15) is 13.2 Å². The number of amides is 2. The number of ether oxygens (including phenoxy) is 3. The van der Waals surface area contributed by atoms with Crippen LogP contribution in [0.15, 0.2) is 18.2 Å². The van der Waals surface area contributed by atoms with Gasteiger partial charge in [0.05, 0.1) is 30.7 Å². The average molecular weight is 372 g/mol. The van der Waals surface area contributed by atoms with E-state index in [1.54, 1.807) is 17.0 Å². The fourth-order valence-electron chi connectivity index (χ4n) is 5.01. The fourth-order valence-corrected chi connectivity index (χ4v) is 5.01. The predicted octanol–water partition coefficient (Wildman–Crippen LogP) is 1.66. The summed E-state index contributed by atoms with van der Waals surface area (Å²) < 4.78 is 17.5. The summed E-state index contributed by atoms with van der Waals surface area (Å²) in [5.41, 5.74) is -0.165. The molecule has 0 radical (unpaired) electrons. The molecule has 7 nitrogen and oxygen atoms in total. The number of hydrogen-bond acceptors (Lipinski definition) is 5. The van der Waals surface area contributed by atoms with E-state index in [0.717, 1.165) is 0 Å². The van der Waals surface area contributed by atoms with Crippen LogP contribution in [0.3, 0.4) is 0 Å². The Morgan fingerprint density at radius 2 is 2.07 bits per heavy atom. The van der Waals surface area contributed by atoms with Gasteiger partial charge in [-0.05, 0) is 18.1 Å². The molecule has 144 valence electrons. The Bertz CT molecular complexity index is 810. The first kappa shape index (κ1) is 16.9. The lowest BCUT2D eigenvalue weighted by Crippen LogP contribution is -2.51. The second-order valence-corrected chi connectivity index (χ2v) is 8.03. The quantitative estimate of drug-likeness (QED) is 0.790. The molecular formula is C20H24N2O5. The number of rotatable bonds is 2. The lowest BCUT2D eigenvalue weighted by molar-refractivity contribution is -0.139. The van der Waals surface area contributed by atoms with Crippen LogP contribution >= 0.6 is 0 Å². The van der Waals surface area contributed by atoms with Gasteiger partial charge >= 0.3 is 0 Å². The Balaban J connectivity index is 1.47. The van der Waals surface area contributed by atoms with Gasteiger partial charge in [-0.3, -0.25) is 9.59 Å². The van der Waals surface area contributed by atoms with Crippen LogP contribution in [0, 0.1) is 5.92 Å². The number of fused-ring (bicyclic) bond motifs is 1. The Morgan fingerprint density at radius 1 is 1.26 bits per heavy atom. The van der Waals surface area contributed by atoms with Crippen LogP contribution in [0.25, 0.3) is 0 Å². The maximum Gasteiger partial charge on any atom is 0.258 e. The number of benzene rings is 1. The number of hydrogen-bond donors (Lipinski definition) is 0. The number of para-hydroxylation sites is 1. The van der Waals surface area contributed by atoms with Gasteiger partial charge in [0.15, 0.2) is 17.2 Å². The van der Waals surface area contributed by atoms with Crippen molar-refractivity contribution in [2.24, 2.45) is 5.92 Å². The van der Waals surface area contributed by atoms with Crippen molar-refractivity contribution in [1.29, 1.82) is 0 Å². The summed E-state index contributed by atoms with van der Waals surface area (Å²) in [4.78, 5) is 29.9. The number of nitrogens with zero attached hydrogens (tertiary/aromatic N) is 2. The van der Waals surface area contributed by atoms with Crippen molar-refractivity contribution in [3.63, 3.8) is 0 Å². The molecule has 4 aliphatic heterocycles. The zero-order valence-corrected chi connectivity index (χ0v) is 15.6. The molecule has 2 amide bonds. The molecule has 0 unspecified atom stereocenters. The highest BCUT2D eigenvalue weighted by Gasteiger charge is 2.65. The molecule has 3 saturated heterocycles. The highest BCUT2D eigenvalue weighted by Crippen LogP contribution is 2.49. The van der Waals surface area contributed by atoms with Gasteiger partial charge in [0.25, 0.3) is 5.91 Å².